The predicted molar refractivity (Wildman–Crippen MR) is 83.7 cm³/mol. The van der Waals surface area contributed by atoms with Crippen molar-refractivity contribution >= 4 is 23.5 Å². The van der Waals surface area contributed by atoms with Gasteiger partial charge in [0.2, 0.25) is 0 Å². The molecular weight excluding hydrogens is 296 g/mol. The molecular formula is C14H22O4S2. The highest BCUT2D eigenvalue weighted by atomic mass is 32.2. The van der Waals surface area contributed by atoms with Gasteiger partial charge in [0.15, 0.2) is 0 Å². The molecule has 6 heteroatoms. The van der Waals surface area contributed by atoms with Crippen molar-refractivity contribution in [2.75, 3.05) is 51.1 Å². The van der Waals surface area contributed by atoms with E-state index < -0.39 is 0 Å². The van der Waals surface area contributed by atoms with Crippen LogP contribution in [0.1, 0.15) is 0 Å². The Balaban J connectivity index is 2.13. The summed E-state index contributed by atoms with van der Waals surface area (Å²) < 4.78 is 10.4. The zero-order valence-corrected chi connectivity index (χ0v) is 13.1. The van der Waals surface area contributed by atoms with Crippen LogP contribution in [0, 0.1) is 0 Å². The minimum Gasteiger partial charge on any atom is -0.394 e. The summed E-state index contributed by atoms with van der Waals surface area (Å²) >= 11 is 3.49. The lowest BCUT2D eigenvalue weighted by atomic mass is 10.4. The Labute approximate surface area is 128 Å². The maximum absolute atomic E-state index is 8.58. The molecule has 1 rings (SSSR count). The maximum atomic E-state index is 8.58. The zero-order valence-electron chi connectivity index (χ0n) is 11.5. The van der Waals surface area contributed by atoms with Gasteiger partial charge in [-0.1, -0.05) is 0 Å². The second-order valence-electron chi connectivity index (χ2n) is 3.84. The van der Waals surface area contributed by atoms with Crippen molar-refractivity contribution in [2.24, 2.45) is 0 Å². The van der Waals surface area contributed by atoms with Crippen molar-refractivity contribution in [3.8, 4) is 0 Å². The fourth-order valence-corrected chi connectivity index (χ4v) is 2.93. The molecule has 20 heavy (non-hydrogen) atoms. The minimum absolute atomic E-state index is 0.0819. The van der Waals surface area contributed by atoms with Crippen LogP contribution in [0.3, 0.4) is 0 Å². The fraction of sp³-hybridized carbons (Fsp3) is 0.571. The lowest BCUT2D eigenvalue weighted by Crippen LogP contribution is -2.02. The van der Waals surface area contributed by atoms with Crippen LogP contribution < -0.4 is 0 Å². The molecule has 0 aromatic heterocycles. The first-order valence-electron chi connectivity index (χ1n) is 6.59. The first-order valence-corrected chi connectivity index (χ1v) is 8.57. The number of thioether (sulfide) groups is 2. The van der Waals surface area contributed by atoms with Crippen LogP contribution >= 0.6 is 23.5 Å². The van der Waals surface area contributed by atoms with Crippen LogP contribution in [-0.2, 0) is 9.47 Å². The standard InChI is InChI=1S/C14H22O4S2/c15-5-7-17-9-11-19-13-1-2-14(4-3-13)20-12-10-18-8-6-16/h1-4,15-16H,5-12H2. The van der Waals surface area contributed by atoms with Gasteiger partial charge in [-0.05, 0) is 24.3 Å². The summed E-state index contributed by atoms with van der Waals surface area (Å²) in [6.45, 7) is 2.30. The Morgan fingerprint density at radius 1 is 0.700 bits per heavy atom. The highest BCUT2D eigenvalue weighted by molar-refractivity contribution is 7.99. The van der Waals surface area contributed by atoms with Gasteiger partial charge in [0.1, 0.15) is 0 Å². The van der Waals surface area contributed by atoms with Gasteiger partial charge in [0.05, 0.1) is 39.6 Å². The Kier molecular flexibility index (Phi) is 11.1. The van der Waals surface area contributed by atoms with Gasteiger partial charge in [0.25, 0.3) is 0 Å². The summed E-state index contributed by atoms with van der Waals surface area (Å²) in [5.74, 6) is 1.78. The van der Waals surface area contributed by atoms with E-state index in [0.717, 1.165) is 11.5 Å². The summed E-state index contributed by atoms with van der Waals surface area (Å²) in [7, 11) is 0. The smallest absolute Gasteiger partial charge is 0.0698 e. The Bertz CT molecular complexity index is 299. The van der Waals surface area contributed by atoms with E-state index in [1.807, 2.05) is 0 Å². The molecule has 0 saturated heterocycles. The van der Waals surface area contributed by atoms with E-state index in [9.17, 15) is 0 Å². The normalized spacial score (nSPS) is 10.9. The molecule has 0 atom stereocenters. The highest BCUT2D eigenvalue weighted by Gasteiger charge is 1.97. The number of ether oxygens (including phenoxy) is 2. The number of aliphatic hydroxyl groups is 2. The van der Waals surface area contributed by atoms with Gasteiger partial charge in [-0.25, -0.2) is 0 Å². The molecule has 0 bridgehead atoms. The zero-order chi connectivity index (χ0) is 14.5. The van der Waals surface area contributed by atoms with E-state index >= 15 is 0 Å². The summed E-state index contributed by atoms with van der Waals surface area (Å²) in [5, 5.41) is 17.2. The number of hydrogen-bond donors (Lipinski definition) is 2. The topological polar surface area (TPSA) is 58.9 Å². The van der Waals surface area contributed by atoms with Crippen LogP contribution in [-0.4, -0.2) is 61.4 Å². The third-order valence-electron chi connectivity index (χ3n) is 2.29. The van der Waals surface area contributed by atoms with E-state index in [0.29, 0.717) is 26.4 Å². The molecule has 0 unspecified atom stereocenters. The van der Waals surface area contributed by atoms with E-state index in [1.165, 1.54) is 9.79 Å². The largest absolute Gasteiger partial charge is 0.394 e. The number of benzene rings is 1. The van der Waals surface area contributed by atoms with Gasteiger partial charge < -0.3 is 19.7 Å². The average Bonchev–Trinajstić information content (AvgIpc) is 2.48. The van der Waals surface area contributed by atoms with Crippen LogP contribution in [0.5, 0.6) is 0 Å². The van der Waals surface area contributed by atoms with Crippen molar-refractivity contribution in [1.82, 2.24) is 0 Å². The average molecular weight is 318 g/mol. The summed E-state index contributed by atoms with van der Waals surface area (Å²) in [6.07, 6.45) is 0. The van der Waals surface area contributed by atoms with Crippen LogP contribution in [0.4, 0.5) is 0 Å². The fourth-order valence-electron chi connectivity index (χ4n) is 1.40. The van der Waals surface area contributed by atoms with Crippen molar-refractivity contribution < 1.29 is 19.7 Å². The molecule has 0 aliphatic carbocycles. The molecule has 0 saturated carbocycles. The van der Waals surface area contributed by atoms with Gasteiger partial charge in [-0.3, -0.25) is 0 Å². The molecule has 0 radical (unpaired) electrons. The van der Waals surface area contributed by atoms with Crippen LogP contribution in [0.2, 0.25) is 0 Å². The van der Waals surface area contributed by atoms with Crippen LogP contribution in [0.15, 0.2) is 34.1 Å². The SMILES string of the molecule is OCCOCCSc1ccc(SCCOCCO)cc1. The first-order chi connectivity index (χ1) is 9.86. The Hall–Kier alpha value is -0.240. The second kappa shape index (κ2) is 12.5. The minimum atomic E-state index is 0.0819. The summed E-state index contributed by atoms with van der Waals surface area (Å²) in [4.78, 5) is 2.44. The van der Waals surface area contributed by atoms with Gasteiger partial charge in [0, 0.05) is 21.3 Å². The lowest BCUT2D eigenvalue weighted by molar-refractivity contribution is 0.103. The quantitative estimate of drug-likeness (QED) is 0.453. The number of rotatable bonds is 12. The molecule has 1 aromatic carbocycles. The molecule has 0 heterocycles. The molecule has 0 fully saturated rings. The highest BCUT2D eigenvalue weighted by Crippen LogP contribution is 2.23. The molecule has 2 N–H and O–H groups in total. The van der Waals surface area contributed by atoms with Crippen molar-refractivity contribution in [3.05, 3.63) is 24.3 Å². The van der Waals surface area contributed by atoms with Gasteiger partial charge in [-0.2, -0.15) is 0 Å². The van der Waals surface area contributed by atoms with Gasteiger partial charge >= 0.3 is 0 Å². The molecule has 1 aromatic rings. The predicted octanol–water partition coefficient (Wildman–Crippen LogP) is 1.89. The van der Waals surface area contributed by atoms with Crippen molar-refractivity contribution in [2.45, 2.75) is 9.79 Å². The van der Waals surface area contributed by atoms with Crippen LogP contribution in [0.25, 0.3) is 0 Å². The third kappa shape index (κ3) is 8.84. The maximum Gasteiger partial charge on any atom is 0.0698 e. The summed E-state index contributed by atoms with van der Waals surface area (Å²) in [6, 6.07) is 8.42. The summed E-state index contributed by atoms with van der Waals surface area (Å²) in [5.41, 5.74) is 0. The first kappa shape index (κ1) is 17.8. The molecule has 0 spiro atoms. The molecule has 114 valence electrons. The van der Waals surface area contributed by atoms with E-state index in [4.69, 9.17) is 19.7 Å². The molecule has 0 aliphatic rings. The van der Waals surface area contributed by atoms with E-state index in [1.54, 1.807) is 23.5 Å². The van der Waals surface area contributed by atoms with Crippen molar-refractivity contribution in [1.29, 1.82) is 0 Å². The van der Waals surface area contributed by atoms with E-state index in [2.05, 4.69) is 24.3 Å². The Morgan fingerprint density at radius 3 is 1.45 bits per heavy atom. The molecule has 0 aliphatic heterocycles. The monoisotopic (exact) mass is 318 g/mol. The lowest BCUT2D eigenvalue weighted by Gasteiger charge is -2.05. The van der Waals surface area contributed by atoms with Crippen molar-refractivity contribution in [3.63, 3.8) is 0 Å². The number of aliphatic hydroxyl groups excluding tert-OH is 2. The molecule has 4 nitrogen and oxygen atoms in total. The number of hydrogen-bond acceptors (Lipinski definition) is 6. The second-order valence-corrected chi connectivity index (χ2v) is 6.18. The molecule has 0 amide bonds. The van der Waals surface area contributed by atoms with E-state index in [-0.39, 0.29) is 13.2 Å². The van der Waals surface area contributed by atoms with Gasteiger partial charge in [-0.15, -0.1) is 23.5 Å². The third-order valence-corrected chi connectivity index (χ3v) is 4.24. The Morgan fingerprint density at radius 2 is 1.10 bits per heavy atom.